The Bertz CT molecular complexity index is 931. The fraction of sp³-hybridized carbons (Fsp3) is 0.286. The molecule has 2 aromatic rings. The molecule has 3 rings (SSSR count). The summed E-state index contributed by atoms with van der Waals surface area (Å²) in [7, 11) is 0. The molecule has 0 aliphatic carbocycles. The number of benzene rings is 1. The van der Waals surface area contributed by atoms with Gasteiger partial charge in [-0.15, -0.1) is 0 Å². The molecule has 29 heavy (non-hydrogen) atoms. The molecule has 2 amide bonds. The molecule has 0 bridgehead atoms. The molecule has 0 unspecified atom stereocenters. The molecule has 1 fully saturated rings. The maximum Gasteiger partial charge on any atom is 0.263 e. The number of likely N-dealkylation sites (N-methyl/N-ethyl adjacent to an activating group) is 1. The van der Waals surface area contributed by atoms with Crippen molar-refractivity contribution in [3.63, 3.8) is 0 Å². The van der Waals surface area contributed by atoms with Crippen LogP contribution in [0.15, 0.2) is 45.7 Å². The maximum atomic E-state index is 12.3. The van der Waals surface area contributed by atoms with Crippen LogP contribution in [-0.4, -0.2) is 47.2 Å². The van der Waals surface area contributed by atoms with Crippen molar-refractivity contribution in [3.05, 3.63) is 52.6 Å². The monoisotopic (exact) mass is 429 g/mol. The Morgan fingerprint density at radius 1 is 1.21 bits per heavy atom. The summed E-state index contributed by atoms with van der Waals surface area (Å²) in [6.07, 6.45) is 1.67. The molecule has 1 saturated heterocycles. The van der Waals surface area contributed by atoms with E-state index in [-0.39, 0.29) is 11.8 Å². The molecule has 8 heteroatoms. The number of carbonyl (C=O) groups is 2. The quantitative estimate of drug-likeness (QED) is 0.494. The van der Waals surface area contributed by atoms with Gasteiger partial charge in [0.1, 0.15) is 15.8 Å². The van der Waals surface area contributed by atoms with E-state index in [1.807, 2.05) is 18.2 Å². The van der Waals surface area contributed by atoms with Gasteiger partial charge in [0, 0.05) is 30.3 Å². The summed E-state index contributed by atoms with van der Waals surface area (Å²) in [5, 5.41) is 5.52. The van der Waals surface area contributed by atoms with E-state index in [1.54, 1.807) is 24.3 Å². The second-order valence-corrected chi connectivity index (χ2v) is 8.13. The Kier molecular flexibility index (Phi) is 7.24. The van der Waals surface area contributed by atoms with Gasteiger partial charge in [-0.1, -0.05) is 50.0 Å². The van der Waals surface area contributed by atoms with Gasteiger partial charge in [-0.2, -0.15) is 0 Å². The van der Waals surface area contributed by atoms with Crippen molar-refractivity contribution in [2.75, 3.05) is 26.2 Å². The summed E-state index contributed by atoms with van der Waals surface area (Å²) in [6, 6.07) is 10.9. The number of nitrogens with one attached hydrogen (secondary N) is 2. The Morgan fingerprint density at radius 3 is 2.55 bits per heavy atom. The summed E-state index contributed by atoms with van der Waals surface area (Å²) in [5.41, 5.74) is 1.46. The van der Waals surface area contributed by atoms with Crippen molar-refractivity contribution in [1.82, 2.24) is 15.5 Å². The Labute approximate surface area is 179 Å². The van der Waals surface area contributed by atoms with Gasteiger partial charge in [-0.3, -0.25) is 9.59 Å². The third-order valence-corrected chi connectivity index (χ3v) is 5.74. The largest absolute Gasteiger partial charge is 0.457 e. The third-order valence-electron chi connectivity index (χ3n) is 4.58. The predicted octanol–water partition coefficient (Wildman–Crippen LogP) is 3.51. The number of thiocarbonyl (C=S) groups is 1. The lowest BCUT2D eigenvalue weighted by molar-refractivity contribution is -0.115. The fourth-order valence-corrected chi connectivity index (χ4v) is 3.92. The minimum atomic E-state index is -0.214. The van der Waals surface area contributed by atoms with Crippen LogP contribution < -0.4 is 10.6 Å². The van der Waals surface area contributed by atoms with E-state index in [9.17, 15) is 9.59 Å². The number of furan rings is 1. The molecule has 0 spiro atoms. The highest BCUT2D eigenvalue weighted by molar-refractivity contribution is 8.26. The summed E-state index contributed by atoms with van der Waals surface area (Å²) < 4.78 is 6.26. The Morgan fingerprint density at radius 2 is 1.93 bits per heavy atom. The second kappa shape index (κ2) is 9.87. The van der Waals surface area contributed by atoms with Crippen molar-refractivity contribution in [2.24, 2.45) is 0 Å². The van der Waals surface area contributed by atoms with Gasteiger partial charge in [-0.05, 0) is 37.4 Å². The molecular formula is C21H23N3O3S2. The SMILES string of the molecule is CCN(CC)CCNC(=O)c1ccc(-c2ccc(/C=C3\SC(=S)NC3=O)o2)cc1. The van der Waals surface area contributed by atoms with Gasteiger partial charge in [0.05, 0.1) is 4.91 Å². The first-order valence-electron chi connectivity index (χ1n) is 9.45. The highest BCUT2D eigenvalue weighted by Crippen LogP contribution is 2.28. The molecule has 1 aliphatic rings. The molecule has 1 aromatic carbocycles. The van der Waals surface area contributed by atoms with Crippen molar-refractivity contribution < 1.29 is 14.0 Å². The third kappa shape index (κ3) is 5.56. The van der Waals surface area contributed by atoms with Gasteiger partial charge in [-0.25, -0.2) is 0 Å². The Hall–Kier alpha value is -2.42. The molecule has 1 aliphatic heterocycles. The van der Waals surface area contributed by atoms with E-state index in [1.165, 1.54) is 11.8 Å². The molecule has 0 saturated carbocycles. The number of thioether (sulfide) groups is 1. The first kappa shape index (κ1) is 21.3. The molecule has 2 heterocycles. The molecule has 0 radical (unpaired) electrons. The van der Waals surface area contributed by atoms with Gasteiger partial charge >= 0.3 is 0 Å². The molecule has 152 valence electrons. The molecule has 2 N–H and O–H groups in total. The minimum Gasteiger partial charge on any atom is -0.457 e. The maximum absolute atomic E-state index is 12.3. The van der Waals surface area contributed by atoms with Crippen molar-refractivity contribution in [1.29, 1.82) is 0 Å². The van der Waals surface area contributed by atoms with Crippen LogP contribution in [0, 0.1) is 0 Å². The number of amides is 2. The number of hydrogen-bond donors (Lipinski definition) is 2. The highest BCUT2D eigenvalue weighted by Gasteiger charge is 2.22. The van der Waals surface area contributed by atoms with E-state index >= 15 is 0 Å². The van der Waals surface area contributed by atoms with E-state index < -0.39 is 0 Å². The van der Waals surface area contributed by atoms with Gasteiger partial charge < -0.3 is 20.0 Å². The van der Waals surface area contributed by atoms with Crippen LogP contribution >= 0.6 is 24.0 Å². The second-order valence-electron chi connectivity index (χ2n) is 6.41. The van der Waals surface area contributed by atoms with E-state index in [2.05, 4.69) is 29.4 Å². The first-order chi connectivity index (χ1) is 14.0. The number of rotatable bonds is 8. The average Bonchev–Trinajstić information content (AvgIpc) is 3.31. The van der Waals surface area contributed by atoms with Gasteiger partial charge in [0.15, 0.2) is 0 Å². The molecule has 0 atom stereocenters. The first-order valence-corrected chi connectivity index (χ1v) is 10.7. The molecule has 6 nitrogen and oxygen atoms in total. The van der Waals surface area contributed by atoms with Crippen LogP contribution in [0.2, 0.25) is 0 Å². The van der Waals surface area contributed by atoms with Crippen LogP contribution in [0.5, 0.6) is 0 Å². The summed E-state index contributed by atoms with van der Waals surface area (Å²) in [4.78, 5) is 26.8. The van der Waals surface area contributed by atoms with E-state index in [4.69, 9.17) is 16.6 Å². The molecular weight excluding hydrogens is 406 g/mol. The minimum absolute atomic E-state index is 0.0891. The van der Waals surface area contributed by atoms with Gasteiger partial charge in [0.25, 0.3) is 11.8 Å². The summed E-state index contributed by atoms with van der Waals surface area (Å²) in [5.74, 6) is 0.931. The van der Waals surface area contributed by atoms with Crippen LogP contribution in [-0.2, 0) is 4.79 Å². The van der Waals surface area contributed by atoms with Crippen molar-refractivity contribution in [3.8, 4) is 11.3 Å². The topological polar surface area (TPSA) is 74.6 Å². The van der Waals surface area contributed by atoms with E-state index in [0.29, 0.717) is 32.9 Å². The van der Waals surface area contributed by atoms with Crippen molar-refractivity contribution >= 4 is 46.2 Å². The van der Waals surface area contributed by atoms with Crippen LogP contribution in [0.3, 0.4) is 0 Å². The number of carbonyl (C=O) groups excluding carboxylic acids is 2. The summed E-state index contributed by atoms with van der Waals surface area (Å²) in [6.45, 7) is 7.61. The predicted molar refractivity (Wildman–Crippen MR) is 121 cm³/mol. The summed E-state index contributed by atoms with van der Waals surface area (Å²) >= 11 is 6.19. The van der Waals surface area contributed by atoms with E-state index in [0.717, 1.165) is 25.2 Å². The smallest absolute Gasteiger partial charge is 0.263 e. The van der Waals surface area contributed by atoms with Gasteiger partial charge in [0.2, 0.25) is 0 Å². The van der Waals surface area contributed by atoms with Crippen LogP contribution in [0.4, 0.5) is 0 Å². The van der Waals surface area contributed by atoms with Crippen LogP contribution in [0.1, 0.15) is 30.0 Å². The molecule has 1 aromatic heterocycles. The fourth-order valence-electron chi connectivity index (χ4n) is 2.89. The zero-order valence-corrected chi connectivity index (χ0v) is 18.0. The Balaban J connectivity index is 1.61. The lowest BCUT2D eigenvalue weighted by atomic mass is 10.1. The number of hydrogen-bond acceptors (Lipinski definition) is 6. The normalized spacial score (nSPS) is 15.2. The number of nitrogens with zero attached hydrogens (tertiary/aromatic N) is 1. The zero-order chi connectivity index (χ0) is 20.8. The standard InChI is InChI=1S/C21H23N3O3S2/c1-3-24(4-2)12-11-22-19(25)15-7-5-14(6-8-15)17-10-9-16(27-17)13-18-20(26)23-21(28)29-18/h5-10,13H,3-4,11-12H2,1-2H3,(H,22,25)(H,23,26,28)/b18-13-. The lowest BCUT2D eigenvalue weighted by Gasteiger charge is -2.17. The van der Waals surface area contributed by atoms with Crippen LogP contribution in [0.25, 0.3) is 17.4 Å². The average molecular weight is 430 g/mol. The zero-order valence-electron chi connectivity index (χ0n) is 16.4. The highest BCUT2D eigenvalue weighted by atomic mass is 32.2. The lowest BCUT2D eigenvalue weighted by Crippen LogP contribution is -2.34. The van der Waals surface area contributed by atoms with Crippen molar-refractivity contribution in [2.45, 2.75) is 13.8 Å².